The predicted molar refractivity (Wildman–Crippen MR) is 116 cm³/mol. The van der Waals surface area contributed by atoms with E-state index in [1.807, 2.05) is 12.1 Å². The molecule has 3 aliphatic rings. The van der Waals surface area contributed by atoms with Gasteiger partial charge in [-0.1, -0.05) is 24.3 Å². The molecule has 0 aliphatic carbocycles. The summed E-state index contributed by atoms with van der Waals surface area (Å²) in [5.41, 5.74) is 12.4. The van der Waals surface area contributed by atoms with Crippen LogP contribution in [0.15, 0.2) is 36.4 Å². The van der Waals surface area contributed by atoms with Crippen LogP contribution in [0.4, 0.5) is 5.69 Å². The molecule has 2 aromatic rings. The van der Waals surface area contributed by atoms with E-state index >= 15 is 0 Å². The van der Waals surface area contributed by atoms with Gasteiger partial charge >= 0.3 is 0 Å². The fraction of sp³-hybridized carbons (Fsp3) is 0.375. The number of nitrogens with two attached hydrogens (primary N) is 1. The van der Waals surface area contributed by atoms with Gasteiger partial charge in [0.25, 0.3) is 5.91 Å². The second kappa shape index (κ2) is 7.81. The summed E-state index contributed by atoms with van der Waals surface area (Å²) >= 11 is 0. The van der Waals surface area contributed by atoms with Gasteiger partial charge in [-0.25, -0.2) is 0 Å². The molecule has 3 amide bonds. The molecule has 0 radical (unpaired) electrons. The number of carbonyl (C=O) groups is 3. The Labute approximate surface area is 181 Å². The highest BCUT2D eigenvalue weighted by Crippen LogP contribution is 2.34. The van der Waals surface area contributed by atoms with E-state index in [1.165, 1.54) is 16.8 Å². The minimum Gasteiger partial charge on any atom is -0.367 e. The van der Waals surface area contributed by atoms with Gasteiger partial charge < -0.3 is 15.5 Å². The number of hydrogen-bond acceptors (Lipinski definition) is 5. The Morgan fingerprint density at radius 3 is 2.61 bits per heavy atom. The molecule has 31 heavy (non-hydrogen) atoms. The molecule has 3 aliphatic heterocycles. The number of anilines is 1. The Balaban J connectivity index is 1.42. The minimum atomic E-state index is -0.590. The first-order valence-electron chi connectivity index (χ1n) is 10.9. The van der Waals surface area contributed by atoms with Crippen molar-refractivity contribution in [1.29, 1.82) is 0 Å². The number of fused-ring (bicyclic) bond motifs is 2. The van der Waals surface area contributed by atoms with Crippen molar-refractivity contribution in [2.24, 2.45) is 5.73 Å². The molecular formula is C24H26N4O3. The number of rotatable bonds is 4. The van der Waals surface area contributed by atoms with Crippen molar-refractivity contribution >= 4 is 23.4 Å². The smallest absolute Gasteiger partial charge is 0.255 e. The van der Waals surface area contributed by atoms with E-state index in [1.54, 1.807) is 4.90 Å². The summed E-state index contributed by atoms with van der Waals surface area (Å²) in [7, 11) is 0. The first-order chi connectivity index (χ1) is 15.1. The van der Waals surface area contributed by atoms with Crippen LogP contribution in [0.1, 0.15) is 51.9 Å². The van der Waals surface area contributed by atoms with Crippen molar-refractivity contribution in [3.05, 3.63) is 64.2 Å². The molecule has 3 N–H and O–H groups in total. The van der Waals surface area contributed by atoms with Crippen molar-refractivity contribution in [2.45, 2.75) is 51.4 Å². The van der Waals surface area contributed by atoms with Crippen LogP contribution in [-0.4, -0.2) is 35.2 Å². The van der Waals surface area contributed by atoms with Crippen LogP contribution in [0.2, 0.25) is 0 Å². The van der Waals surface area contributed by atoms with Gasteiger partial charge in [-0.05, 0) is 53.6 Å². The van der Waals surface area contributed by atoms with Crippen molar-refractivity contribution in [1.82, 2.24) is 10.2 Å². The van der Waals surface area contributed by atoms with Crippen molar-refractivity contribution in [3.8, 4) is 0 Å². The SMILES string of the molecule is NCc1cccc2c1CCCN2Cc1cccc2c1CN(C1CCC(=O)NC1=O)C2=O. The highest BCUT2D eigenvalue weighted by Gasteiger charge is 2.39. The Hall–Kier alpha value is -3.19. The molecule has 1 unspecified atom stereocenters. The summed E-state index contributed by atoms with van der Waals surface area (Å²) in [5, 5.41) is 2.37. The molecule has 1 saturated heterocycles. The number of benzene rings is 2. The molecule has 5 rings (SSSR count). The lowest BCUT2D eigenvalue weighted by Crippen LogP contribution is -2.52. The number of carbonyl (C=O) groups excluding carboxylic acids is 3. The summed E-state index contributed by atoms with van der Waals surface area (Å²) in [6.07, 6.45) is 2.74. The summed E-state index contributed by atoms with van der Waals surface area (Å²) < 4.78 is 0. The number of hydrogen-bond donors (Lipinski definition) is 2. The molecule has 3 heterocycles. The third-order valence-electron chi connectivity index (χ3n) is 6.70. The van der Waals surface area contributed by atoms with Crippen LogP contribution in [0.25, 0.3) is 0 Å². The van der Waals surface area contributed by atoms with E-state index in [0.29, 0.717) is 31.6 Å². The standard InChI is InChI=1S/C24H26N4O3/c25-12-15-4-2-8-20-17(15)7-3-11-27(20)13-16-5-1-6-18-19(16)14-28(24(18)31)21-9-10-22(29)26-23(21)30/h1-2,4-6,8,21H,3,7,9-14,25H2,(H,26,29,30). The molecule has 1 fully saturated rings. The van der Waals surface area contributed by atoms with Crippen LogP contribution >= 0.6 is 0 Å². The first-order valence-corrected chi connectivity index (χ1v) is 10.9. The van der Waals surface area contributed by atoms with Crippen molar-refractivity contribution in [2.75, 3.05) is 11.4 Å². The van der Waals surface area contributed by atoms with Crippen LogP contribution in [0.3, 0.4) is 0 Å². The lowest BCUT2D eigenvalue weighted by molar-refractivity contribution is -0.136. The van der Waals surface area contributed by atoms with Gasteiger partial charge in [-0.3, -0.25) is 19.7 Å². The molecule has 2 aromatic carbocycles. The van der Waals surface area contributed by atoms with Gasteiger partial charge in [0.2, 0.25) is 11.8 Å². The Morgan fingerprint density at radius 2 is 1.81 bits per heavy atom. The second-order valence-electron chi connectivity index (χ2n) is 8.49. The Morgan fingerprint density at radius 1 is 1.00 bits per heavy atom. The highest BCUT2D eigenvalue weighted by molar-refractivity contribution is 6.05. The Bertz CT molecular complexity index is 1080. The maximum atomic E-state index is 13.1. The highest BCUT2D eigenvalue weighted by atomic mass is 16.2. The van der Waals surface area contributed by atoms with E-state index in [9.17, 15) is 14.4 Å². The van der Waals surface area contributed by atoms with E-state index in [4.69, 9.17) is 5.73 Å². The maximum absolute atomic E-state index is 13.1. The first kappa shape index (κ1) is 19.8. The largest absolute Gasteiger partial charge is 0.367 e. The molecule has 0 spiro atoms. The van der Waals surface area contributed by atoms with Crippen LogP contribution in [-0.2, 0) is 35.6 Å². The topological polar surface area (TPSA) is 95.7 Å². The summed E-state index contributed by atoms with van der Waals surface area (Å²) in [4.78, 5) is 40.9. The van der Waals surface area contributed by atoms with Crippen LogP contribution in [0, 0.1) is 0 Å². The number of nitrogens with one attached hydrogen (secondary N) is 1. The van der Waals surface area contributed by atoms with Crippen LogP contribution in [0.5, 0.6) is 0 Å². The molecule has 7 nitrogen and oxygen atoms in total. The zero-order chi connectivity index (χ0) is 21.5. The average molecular weight is 418 g/mol. The Kier molecular flexibility index (Phi) is 4.98. The lowest BCUT2D eigenvalue weighted by Gasteiger charge is -2.33. The molecular weight excluding hydrogens is 392 g/mol. The average Bonchev–Trinajstić information content (AvgIpc) is 3.11. The van der Waals surface area contributed by atoms with Crippen molar-refractivity contribution < 1.29 is 14.4 Å². The van der Waals surface area contributed by atoms with Gasteiger partial charge in [0.05, 0.1) is 0 Å². The summed E-state index contributed by atoms with van der Waals surface area (Å²) in [6, 6.07) is 11.5. The van der Waals surface area contributed by atoms with E-state index in [2.05, 4.69) is 34.5 Å². The molecule has 0 saturated carbocycles. The fourth-order valence-corrected chi connectivity index (χ4v) is 5.13. The van der Waals surface area contributed by atoms with E-state index < -0.39 is 6.04 Å². The minimum absolute atomic E-state index is 0.129. The molecule has 0 bridgehead atoms. The van der Waals surface area contributed by atoms with E-state index in [-0.39, 0.29) is 24.1 Å². The zero-order valence-corrected chi connectivity index (χ0v) is 17.4. The molecule has 7 heteroatoms. The van der Waals surface area contributed by atoms with Gasteiger partial charge in [-0.15, -0.1) is 0 Å². The normalized spacial score (nSPS) is 20.5. The van der Waals surface area contributed by atoms with Crippen molar-refractivity contribution in [3.63, 3.8) is 0 Å². The summed E-state index contributed by atoms with van der Waals surface area (Å²) in [6.45, 7) is 2.60. The number of nitrogens with zero attached hydrogens (tertiary/aromatic N) is 2. The molecule has 0 aromatic heterocycles. The van der Waals surface area contributed by atoms with Crippen LogP contribution < -0.4 is 16.0 Å². The number of amides is 3. The molecule has 160 valence electrons. The molecule has 1 atom stereocenters. The quantitative estimate of drug-likeness (QED) is 0.739. The fourth-order valence-electron chi connectivity index (χ4n) is 5.13. The maximum Gasteiger partial charge on any atom is 0.255 e. The third kappa shape index (κ3) is 3.39. The van der Waals surface area contributed by atoms with Gasteiger partial charge in [0.15, 0.2) is 0 Å². The monoisotopic (exact) mass is 418 g/mol. The van der Waals surface area contributed by atoms with Gasteiger partial charge in [0.1, 0.15) is 6.04 Å². The lowest BCUT2D eigenvalue weighted by atomic mass is 9.95. The summed E-state index contributed by atoms with van der Waals surface area (Å²) in [5.74, 6) is -0.777. The van der Waals surface area contributed by atoms with Gasteiger partial charge in [0, 0.05) is 43.9 Å². The second-order valence-corrected chi connectivity index (χ2v) is 8.49. The zero-order valence-electron chi connectivity index (χ0n) is 17.4. The number of imide groups is 1. The predicted octanol–water partition coefficient (Wildman–Crippen LogP) is 1.86. The van der Waals surface area contributed by atoms with E-state index in [0.717, 1.165) is 30.5 Å². The third-order valence-corrected chi connectivity index (χ3v) is 6.70. The van der Waals surface area contributed by atoms with Gasteiger partial charge in [-0.2, -0.15) is 0 Å². The number of piperidine rings is 1.